The predicted octanol–water partition coefficient (Wildman–Crippen LogP) is 2.45. The van der Waals surface area contributed by atoms with Crippen LogP contribution in [0, 0.1) is 11.8 Å². The highest BCUT2D eigenvalue weighted by Gasteiger charge is 2.33. The van der Waals surface area contributed by atoms with Crippen molar-refractivity contribution in [1.29, 1.82) is 0 Å². The number of likely N-dealkylation sites (tertiary alicyclic amines) is 1. The molecule has 1 saturated carbocycles. The van der Waals surface area contributed by atoms with Crippen LogP contribution in [-0.4, -0.2) is 42.1 Å². The van der Waals surface area contributed by atoms with Crippen molar-refractivity contribution >= 4 is 17.2 Å². The number of hydrogen-bond acceptors (Lipinski definition) is 5. The number of aromatic nitrogens is 1. The van der Waals surface area contributed by atoms with Crippen LogP contribution in [0.2, 0.25) is 0 Å². The Hall–Kier alpha value is -0.980. The first-order valence-corrected chi connectivity index (χ1v) is 8.59. The summed E-state index contributed by atoms with van der Waals surface area (Å²) in [6.07, 6.45) is 6.54. The lowest BCUT2D eigenvalue weighted by atomic mass is 10.0. The largest absolute Gasteiger partial charge is 0.344 e. The summed E-state index contributed by atoms with van der Waals surface area (Å²) in [7, 11) is 0. The third-order valence-corrected chi connectivity index (χ3v) is 5.50. The van der Waals surface area contributed by atoms with E-state index >= 15 is 0 Å². The minimum Gasteiger partial charge on any atom is -0.344 e. The minimum absolute atomic E-state index is 0.120. The van der Waals surface area contributed by atoms with E-state index in [9.17, 15) is 4.79 Å². The van der Waals surface area contributed by atoms with Gasteiger partial charge in [-0.2, -0.15) is 0 Å². The van der Waals surface area contributed by atoms with Crippen molar-refractivity contribution in [2.24, 2.45) is 11.8 Å². The van der Waals surface area contributed by atoms with Crippen LogP contribution in [-0.2, 0) is 9.47 Å². The predicted molar refractivity (Wildman–Crippen MR) is 78.1 cm³/mol. The second-order valence-electron chi connectivity index (χ2n) is 6.22. The Morgan fingerprint density at radius 2 is 2.10 bits per heavy atom. The Morgan fingerprint density at radius 3 is 2.86 bits per heavy atom. The summed E-state index contributed by atoms with van der Waals surface area (Å²) in [5.41, 5.74) is 0. The Balaban J connectivity index is 1.38. The molecule has 5 nitrogen and oxygen atoms in total. The fourth-order valence-corrected chi connectivity index (χ4v) is 4.07. The molecule has 0 bridgehead atoms. The molecule has 1 atom stereocenters. The monoisotopic (exact) mass is 308 g/mol. The van der Waals surface area contributed by atoms with Gasteiger partial charge in [-0.25, -0.2) is 4.98 Å². The number of nitrogens with zero attached hydrogens (tertiary/aromatic N) is 2. The van der Waals surface area contributed by atoms with E-state index in [1.54, 1.807) is 6.20 Å². The van der Waals surface area contributed by atoms with E-state index in [1.807, 2.05) is 4.90 Å². The first-order chi connectivity index (χ1) is 10.3. The molecule has 6 heteroatoms. The lowest BCUT2D eigenvalue weighted by Crippen LogP contribution is -2.28. The van der Waals surface area contributed by atoms with Crippen LogP contribution in [0.5, 0.6) is 0 Å². The van der Waals surface area contributed by atoms with Crippen molar-refractivity contribution in [3.8, 4) is 0 Å². The highest BCUT2D eigenvalue weighted by Crippen LogP contribution is 2.38. The molecule has 3 heterocycles. The molecule has 114 valence electrons. The van der Waals surface area contributed by atoms with Crippen LogP contribution >= 0.6 is 11.3 Å². The van der Waals surface area contributed by atoms with Gasteiger partial charge in [0.25, 0.3) is 5.91 Å². The fourth-order valence-electron chi connectivity index (χ4n) is 3.19. The van der Waals surface area contributed by atoms with E-state index in [1.165, 1.54) is 30.6 Å². The summed E-state index contributed by atoms with van der Waals surface area (Å²) in [5, 5.41) is 0.754. The van der Waals surface area contributed by atoms with Crippen molar-refractivity contribution in [1.82, 2.24) is 9.88 Å². The van der Waals surface area contributed by atoms with Crippen LogP contribution in [0.4, 0.5) is 0 Å². The number of carbonyl (C=O) groups is 1. The first kappa shape index (κ1) is 13.7. The molecule has 0 N–H and O–H groups in total. The maximum absolute atomic E-state index is 12.5. The molecule has 1 amide bonds. The van der Waals surface area contributed by atoms with Crippen LogP contribution in [0.1, 0.15) is 46.7 Å². The van der Waals surface area contributed by atoms with E-state index in [4.69, 9.17) is 9.47 Å². The van der Waals surface area contributed by atoms with E-state index in [-0.39, 0.29) is 12.2 Å². The smallest absolute Gasteiger partial charge is 0.265 e. The third-order valence-electron chi connectivity index (χ3n) is 4.49. The second kappa shape index (κ2) is 5.66. The van der Waals surface area contributed by atoms with Crippen molar-refractivity contribution in [2.45, 2.75) is 32.0 Å². The average Bonchev–Trinajstić information content (AvgIpc) is 2.98. The van der Waals surface area contributed by atoms with Crippen LogP contribution in [0.15, 0.2) is 6.20 Å². The molecule has 2 saturated heterocycles. The van der Waals surface area contributed by atoms with Crippen molar-refractivity contribution in [2.75, 3.05) is 26.3 Å². The number of hydrogen-bond donors (Lipinski definition) is 0. The number of thiazole rings is 1. The van der Waals surface area contributed by atoms with Crippen LogP contribution in [0.3, 0.4) is 0 Å². The van der Waals surface area contributed by atoms with Crippen molar-refractivity contribution < 1.29 is 14.3 Å². The zero-order chi connectivity index (χ0) is 14.2. The Bertz CT molecular complexity index is 523. The van der Waals surface area contributed by atoms with Gasteiger partial charge < -0.3 is 14.4 Å². The minimum atomic E-state index is -0.377. The molecule has 4 rings (SSSR count). The zero-order valence-electron chi connectivity index (χ0n) is 12.0. The lowest BCUT2D eigenvalue weighted by molar-refractivity contribution is -0.0442. The summed E-state index contributed by atoms with van der Waals surface area (Å²) in [6.45, 7) is 3.00. The molecule has 1 aromatic heterocycles. The number of rotatable bonds is 4. The Morgan fingerprint density at radius 1 is 1.29 bits per heavy atom. The van der Waals surface area contributed by atoms with E-state index in [2.05, 4.69) is 4.98 Å². The SMILES string of the molecule is O=C(c1cnc(C2OCCO2)s1)N1CCC(CC2CC2)C1. The fraction of sp³-hybridized carbons (Fsp3) is 0.733. The average molecular weight is 308 g/mol. The van der Waals surface area contributed by atoms with Gasteiger partial charge in [-0.15, -0.1) is 11.3 Å². The van der Waals surface area contributed by atoms with Gasteiger partial charge in [-0.05, 0) is 24.7 Å². The standard InChI is InChI=1S/C15H20N2O3S/c18-14(17-4-3-11(9-17)7-10-1-2-10)12-8-16-13(21-12)15-19-5-6-20-15/h8,10-11,15H,1-7,9H2. The normalized spacial score (nSPS) is 26.7. The van der Waals surface area contributed by atoms with Gasteiger partial charge in [-0.3, -0.25) is 4.79 Å². The molecule has 0 aromatic carbocycles. The molecule has 21 heavy (non-hydrogen) atoms. The van der Waals surface area contributed by atoms with Gasteiger partial charge in [0.1, 0.15) is 9.88 Å². The Labute approximate surface area is 128 Å². The summed E-state index contributed by atoms with van der Waals surface area (Å²) >= 11 is 1.40. The molecule has 1 aliphatic carbocycles. The summed E-state index contributed by atoms with van der Waals surface area (Å²) in [6, 6.07) is 0. The lowest BCUT2D eigenvalue weighted by Gasteiger charge is -2.15. The second-order valence-corrected chi connectivity index (χ2v) is 7.28. The Kier molecular flexibility index (Phi) is 3.69. The molecule has 1 aromatic rings. The van der Waals surface area contributed by atoms with E-state index in [0.717, 1.165) is 30.4 Å². The van der Waals surface area contributed by atoms with Gasteiger partial charge in [0.15, 0.2) is 0 Å². The summed E-state index contributed by atoms with van der Waals surface area (Å²) in [4.78, 5) is 19.5. The molecular formula is C15H20N2O3S. The van der Waals surface area contributed by atoms with Crippen molar-refractivity contribution in [3.05, 3.63) is 16.1 Å². The number of carbonyl (C=O) groups excluding carboxylic acids is 1. The zero-order valence-corrected chi connectivity index (χ0v) is 12.8. The van der Waals surface area contributed by atoms with E-state index in [0.29, 0.717) is 24.0 Å². The van der Waals surface area contributed by atoms with E-state index < -0.39 is 0 Å². The number of amides is 1. The number of ether oxygens (including phenoxy) is 2. The van der Waals surface area contributed by atoms with Crippen molar-refractivity contribution in [3.63, 3.8) is 0 Å². The highest BCUT2D eigenvalue weighted by molar-refractivity contribution is 7.13. The summed E-state index contributed by atoms with van der Waals surface area (Å²) < 4.78 is 10.9. The topological polar surface area (TPSA) is 51.7 Å². The van der Waals surface area contributed by atoms with Gasteiger partial charge >= 0.3 is 0 Å². The van der Waals surface area contributed by atoms with Crippen LogP contribution in [0.25, 0.3) is 0 Å². The summed E-state index contributed by atoms with van der Waals surface area (Å²) in [5.74, 6) is 1.77. The molecule has 0 spiro atoms. The molecular weight excluding hydrogens is 288 g/mol. The molecule has 3 fully saturated rings. The maximum atomic E-state index is 12.5. The molecule has 3 aliphatic rings. The maximum Gasteiger partial charge on any atom is 0.265 e. The molecule has 2 aliphatic heterocycles. The van der Waals surface area contributed by atoms with Crippen LogP contribution < -0.4 is 0 Å². The van der Waals surface area contributed by atoms with Gasteiger partial charge in [0.2, 0.25) is 6.29 Å². The van der Waals surface area contributed by atoms with Gasteiger partial charge in [-0.1, -0.05) is 12.8 Å². The quantitative estimate of drug-likeness (QED) is 0.857. The van der Waals surface area contributed by atoms with Gasteiger partial charge in [0.05, 0.1) is 19.4 Å². The highest BCUT2D eigenvalue weighted by atomic mass is 32.1. The first-order valence-electron chi connectivity index (χ1n) is 7.78. The van der Waals surface area contributed by atoms with Gasteiger partial charge in [0, 0.05) is 13.1 Å². The third kappa shape index (κ3) is 2.98. The molecule has 1 unspecified atom stereocenters. The molecule has 0 radical (unpaired) electrons.